The largest absolute Gasteiger partial charge is 0.372 e. The highest BCUT2D eigenvalue weighted by molar-refractivity contribution is 6.30. The van der Waals surface area contributed by atoms with E-state index in [-0.39, 0.29) is 6.10 Å². The number of methoxy groups -OCH3 is 1. The van der Waals surface area contributed by atoms with E-state index >= 15 is 0 Å². The van der Waals surface area contributed by atoms with Gasteiger partial charge in [-0.3, -0.25) is 0 Å². The molecule has 0 amide bonds. The van der Waals surface area contributed by atoms with E-state index in [4.69, 9.17) is 16.3 Å². The maximum atomic E-state index is 5.98. The van der Waals surface area contributed by atoms with Crippen molar-refractivity contribution in [2.24, 2.45) is 0 Å². The lowest BCUT2D eigenvalue weighted by Crippen LogP contribution is -2.02. The van der Waals surface area contributed by atoms with Crippen LogP contribution in [-0.4, -0.2) is 7.11 Å². The normalized spacial score (nSPS) is 12.4. The van der Waals surface area contributed by atoms with E-state index in [1.165, 1.54) is 0 Å². The third kappa shape index (κ3) is 2.43. The van der Waals surface area contributed by atoms with Crippen molar-refractivity contribution in [2.75, 3.05) is 7.11 Å². The summed E-state index contributed by atoms with van der Waals surface area (Å²) in [6.07, 6.45) is -0.0556. The zero-order valence-corrected chi connectivity index (χ0v) is 9.82. The summed E-state index contributed by atoms with van der Waals surface area (Å²) in [6, 6.07) is 17.9. The first-order valence-electron chi connectivity index (χ1n) is 5.14. The summed E-state index contributed by atoms with van der Waals surface area (Å²) >= 11 is 5.98. The minimum Gasteiger partial charge on any atom is -0.372 e. The van der Waals surface area contributed by atoms with Gasteiger partial charge < -0.3 is 4.74 Å². The zero-order valence-electron chi connectivity index (χ0n) is 9.06. The number of rotatable bonds is 3. The van der Waals surface area contributed by atoms with Crippen LogP contribution in [0.1, 0.15) is 17.2 Å². The summed E-state index contributed by atoms with van der Waals surface area (Å²) in [5.74, 6) is 0. The second-order valence-electron chi connectivity index (χ2n) is 3.58. The summed E-state index contributed by atoms with van der Waals surface area (Å²) in [6.45, 7) is 0. The fourth-order valence-electron chi connectivity index (χ4n) is 1.76. The van der Waals surface area contributed by atoms with Gasteiger partial charge in [0.1, 0.15) is 6.10 Å². The van der Waals surface area contributed by atoms with Crippen molar-refractivity contribution in [3.63, 3.8) is 0 Å². The summed E-state index contributed by atoms with van der Waals surface area (Å²) in [5.41, 5.74) is 2.20. The van der Waals surface area contributed by atoms with Gasteiger partial charge >= 0.3 is 0 Å². The molecule has 82 valence electrons. The van der Waals surface area contributed by atoms with Crippen molar-refractivity contribution in [1.82, 2.24) is 0 Å². The molecule has 2 rings (SSSR count). The smallest absolute Gasteiger partial charge is 0.107 e. The summed E-state index contributed by atoms with van der Waals surface area (Å²) in [4.78, 5) is 0. The summed E-state index contributed by atoms with van der Waals surface area (Å²) < 4.78 is 5.52. The second kappa shape index (κ2) is 5.15. The Labute approximate surface area is 101 Å². The highest BCUT2D eigenvalue weighted by Gasteiger charge is 2.12. The molecular formula is C14H13ClO. The van der Waals surface area contributed by atoms with Gasteiger partial charge in [0.15, 0.2) is 0 Å². The molecule has 1 atom stereocenters. The first-order valence-corrected chi connectivity index (χ1v) is 5.52. The highest BCUT2D eigenvalue weighted by Crippen LogP contribution is 2.26. The van der Waals surface area contributed by atoms with E-state index in [0.717, 1.165) is 16.1 Å². The van der Waals surface area contributed by atoms with Gasteiger partial charge in [-0.2, -0.15) is 0 Å². The molecule has 0 aromatic heterocycles. The molecule has 0 heterocycles. The molecular weight excluding hydrogens is 220 g/mol. The van der Waals surface area contributed by atoms with E-state index in [1.54, 1.807) is 7.11 Å². The zero-order chi connectivity index (χ0) is 11.4. The van der Waals surface area contributed by atoms with Crippen LogP contribution < -0.4 is 0 Å². The van der Waals surface area contributed by atoms with Gasteiger partial charge in [0.25, 0.3) is 0 Å². The number of hydrogen-bond donors (Lipinski definition) is 0. The predicted molar refractivity (Wildman–Crippen MR) is 66.7 cm³/mol. The summed E-state index contributed by atoms with van der Waals surface area (Å²) in [5, 5.41) is 0.732. The first-order chi connectivity index (χ1) is 7.81. The highest BCUT2D eigenvalue weighted by atomic mass is 35.5. The van der Waals surface area contributed by atoms with E-state index in [9.17, 15) is 0 Å². The molecule has 16 heavy (non-hydrogen) atoms. The van der Waals surface area contributed by atoms with Crippen LogP contribution in [0, 0.1) is 0 Å². The Balaban J connectivity index is 2.37. The minimum absolute atomic E-state index is 0.0556. The molecule has 2 aromatic rings. The minimum atomic E-state index is -0.0556. The Morgan fingerprint density at radius 2 is 1.62 bits per heavy atom. The summed E-state index contributed by atoms with van der Waals surface area (Å²) in [7, 11) is 1.71. The average Bonchev–Trinajstić information content (AvgIpc) is 2.31. The van der Waals surface area contributed by atoms with Gasteiger partial charge in [-0.05, 0) is 23.3 Å². The van der Waals surface area contributed by atoms with E-state index in [1.807, 2.05) is 42.5 Å². The Morgan fingerprint density at radius 3 is 2.25 bits per heavy atom. The fourth-order valence-corrected chi connectivity index (χ4v) is 1.96. The monoisotopic (exact) mass is 232 g/mol. The molecule has 0 aliphatic rings. The third-order valence-electron chi connectivity index (χ3n) is 2.49. The molecule has 0 saturated carbocycles. The quantitative estimate of drug-likeness (QED) is 0.775. The van der Waals surface area contributed by atoms with Crippen LogP contribution in [0.3, 0.4) is 0 Å². The van der Waals surface area contributed by atoms with Crippen molar-refractivity contribution in [1.29, 1.82) is 0 Å². The van der Waals surface area contributed by atoms with Gasteiger partial charge in [-0.15, -0.1) is 0 Å². The molecule has 1 nitrogen and oxygen atoms in total. The maximum absolute atomic E-state index is 5.98. The van der Waals surface area contributed by atoms with Crippen LogP contribution >= 0.6 is 11.6 Å². The number of ether oxygens (including phenoxy) is 1. The van der Waals surface area contributed by atoms with Crippen molar-refractivity contribution < 1.29 is 4.74 Å². The number of benzene rings is 2. The van der Waals surface area contributed by atoms with Crippen LogP contribution in [0.15, 0.2) is 54.6 Å². The lowest BCUT2D eigenvalue weighted by Gasteiger charge is -2.16. The molecule has 0 saturated heterocycles. The standard InChI is InChI=1S/C14H13ClO/c1-16-14(11-6-3-2-4-7-11)12-8-5-9-13(15)10-12/h2-10,14H,1H3. The average molecular weight is 233 g/mol. The molecule has 1 unspecified atom stereocenters. The van der Waals surface area contributed by atoms with Crippen molar-refractivity contribution in [3.8, 4) is 0 Å². The SMILES string of the molecule is COC(c1ccccc1)c1cccc(Cl)c1. The third-order valence-corrected chi connectivity index (χ3v) is 2.72. The van der Waals surface area contributed by atoms with Crippen LogP contribution in [0.25, 0.3) is 0 Å². The van der Waals surface area contributed by atoms with Crippen LogP contribution in [0.4, 0.5) is 0 Å². The second-order valence-corrected chi connectivity index (χ2v) is 4.02. The van der Waals surface area contributed by atoms with Gasteiger partial charge in [0.2, 0.25) is 0 Å². The number of hydrogen-bond acceptors (Lipinski definition) is 1. The van der Waals surface area contributed by atoms with Crippen LogP contribution in [0.5, 0.6) is 0 Å². The lowest BCUT2D eigenvalue weighted by molar-refractivity contribution is 0.136. The molecule has 0 N–H and O–H groups in total. The Kier molecular flexibility index (Phi) is 3.60. The van der Waals surface area contributed by atoms with Gasteiger partial charge in [-0.1, -0.05) is 54.1 Å². The predicted octanol–water partition coefficient (Wildman–Crippen LogP) is 4.08. The van der Waals surface area contributed by atoms with Crippen LogP contribution in [-0.2, 0) is 4.74 Å². The Hall–Kier alpha value is -1.31. The van der Waals surface area contributed by atoms with Crippen molar-refractivity contribution in [2.45, 2.75) is 6.10 Å². The van der Waals surface area contributed by atoms with E-state index in [2.05, 4.69) is 12.1 Å². The fraction of sp³-hybridized carbons (Fsp3) is 0.143. The molecule has 0 radical (unpaired) electrons. The topological polar surface area (TPSA) is 9.23 Å². The molecule has 2 heteroatoms. The first kappa shape index (κ1) is 11.2. The van der Waals surface area contributed by atoms with Gasteiger partial charge in [0, 0.05) is 12.1 Å². The molecule has 0 bridgehead atoms. The maximum Gasteiger partial charge on any atom is 0.107 e. The van der Waals surface area contributed by atoms with E-state index < -0.39 is 0 Å². The molecule has 0 aliphatic carbocycles. The van der Waals surface area contributed by atoms with Crippen molar-refractivity contribution >= 4 is 11.6 Å². The lowest BCUT2D eigenvalue weighted by atomic mass is 10.0. The van der Waals surface area contributed by atoms with Crippen molar-refractivity contribution in [3.05, 3.63) is 70.7 Å². The molecule has 0 fully saturated rings. The Bertz CT molecular complexity index is 453. The van der Waals surface area contributed by atoms with Gasteiger partial charge in [0.05, 0.1) is 0 Å². The molecule has 2 aromatic carbocycles. The Morgan fingerprint density at radius 1 is 0.938 bits per heavy atom. The van der Waals surface area contributed by atoms with Crippen LogP contribution in [0.2, 0.25) is 5.02 Å². The van der Waals surface area contributed by atoms with Gasteiger partial charge in [-0.25, -0.2) is 0 Å². The number of halogens is 1. The molecule has 0 spiro atoms. The molecule has 0 aliphatic heterocycles. The van der Waals surface area contributed by atoms with E-state index in [0.29, 0.717) is 0 Å².